The molecule has 0 aliphatic carbocycles. The van der Waals surface area contributed by atoms with E-state index in [-0.39, 0.29) is 5.63 Å². The van der Waals surface area contributed by atoms with Gasteiger partial charge in [0.1, 0.15) is 11.3 Å². The van der Waals surface area contributed by atoms with Crippen LogP contribution in [0.4, 0.5) is 5.69 Å². The molecule has 2 aromatic carbocycles. The van der Waals surface area contributed by atoms with Crippen molar-refractivity contribution in [1.29, 1.82) is 0 Å². The maximum atomic E-state index is 12.1. The van der Waals surface area contributed by atoms with Crippen LogP contribution in [0.5, 0.6) is 5.75 Å². The summed E-state index contributed by atoms with van der Waals surface area (Å²) >= 11 is 1.56. The van der Waals surface area contributed by atoms with Gasteiger partial charge in [0.05, 0.1) is 7.11 Å². The minimum absolute atomic E-state index is 0.378. The number of hydrogen-bond acceptors (Lipinski definition) is 7. The van der Waals surface area contributed by atoms with Gasteiger partial charge < -0.3 is 18.6 Å². The van der Waals surface area contributed by atoms with Crippen LogP contribution in [0.25, 0.3) is 22.4 Å². The second-order valence-corrected chi connectivity index (χ2v) is 8.45. The van der Waals surface area contributed by atoms with E-state index >= 15 is 0 Å². The van der Waals surface area contributed by atoms with Crippen LogP contribution in [0.2, 0.25) is 0 Å². The average Bonchev–Trinajstić information content (AvgIpc) is 3.26. The lowest BCUT2D eigenvalue weighted by atomic mass is 10.1. The molecule has 0 aliphatic rings. The van der Waals surface area contributed by atoms with Gasteiger partial charge in [0.2, 0.25) is 0 Å². The lowest BCUT2D eigenvalue weighted by molar-refractivity contribution is 0.414. The quantitative estimate of drug-likeness (QED) is 0.248. The summed E-state index contributed by atoms with van der Waals surface area (Å²) in [7, 11) is 1.59. The molecule has 0 atom stereocenters. The Bertz CT molecular complexity index is 1290. The predicted molar refractivity (Wildman–Crippen MR) is 133 cm³/mol. The number of hydrogen-bond donors (Lipinski definition) is 0. The number of methoxy groups -OCH3 is 1. The van der Waals surface area contributed by atoms with Crippen molar-refractivity contribution in [3.63, 3.8) is 0 Å². The first-order chi connectivity index (χ1) is 16.1. The second kappa shape index (κ2) is 10.1. The van der Waals surface area contributed by atoms with E-state index in [2.05, 4.69) is 64.7 Å². The number of anilines is 1. The van der Waals surface area contributed by atoms with Crippen molar-refractivity contribution in [2.24, 2.45) is 0 Å². The third-order valence-corrected chi connectivity index (χ3v) is 6.70. The van der Waals surface area contributed by atoms with E-state index in [1.807, 2.05) is 12.1 Å². The number of nitrogens with zero attached hydrogens (tertiary/aromatic N) is 4. The zero-order valence-corrected chi connectivity index (χ0v) is 20.2. The molecule has 0 saturated carbocycles. The first-order valence-electron chi connectivity index (χ1n) is 11.1. The predicted octanol–water partition coefficient (Wildman–Crippen LogP) is 5.22. The zero-order valence-electron chi connectivity index (χ0n) is 19.4. The van der Waals surface area contributed by atoms with Gasteiger partial charge in [-0.1, -0.05) is 11.8 Å². The molecule has 4 aromatic rings. The van der Waals surface area contributed by atoms with Gasteiger partial charge in [-0.3, -0.25) is 0 Å². The van der Waals surface area contributed by atoms with Gasteiger partial charge >= 0.3 is 5.63 Å². The van der Waals surface area contributed by atoms with Gasteiger partial charge in [0.25, 0.3) is 0 Å². The molecule has 2 heterocycles. The van der Waals surface area contributed by atoms with Gasteiger partial charge in [0, 0.05) is 54.2 Å². The Morgan fingerprint density at radius 2 is 1.79 bits per heavy atom. The molecule has 0 fully saturated rings. The summed E-state index contributed by atoms with van der Waals surface area (Å²) in [5, 5.41) is 10.6. The Balaban J connectivity index is 1.59. The zero-order chi connectivity index (χ0) is 23.4. The summed E-state index contributed by atoms with van der Waals surface area (Å²) < 4.78 is 12.7. The smallest absolute Gasteiger partial charge is 0.336 e. The summed E-state index contributed by atoms with van der Waals surface area (Å²) in [5.41, 5.74) is 3.27. The Labute approximate surface area is 197 Å². The number of thioether (sulfide) groups is 1. The van der Waals surface area contributed by atoms with Crippen LogP contribution in [0, 0.1) is 0 Å². The van der Waals surface area contributed by atoms with Gasteiger partial charge in [-0.15, -0.1) is 10.2 Å². The van der Waals surface area contributed by atoms with Crippen LogP contribution in [0.15, 0.2) is 62.9 Å². The highest BCUT2D eigenvalue weighted by atomic mass is 32.2. The van der Waals surface area contributed by atoms with Crippen molar-refractivity contribution in [3.05, 3.63) is 64.5 Å². The molecule has 8 heteroatoms. The summed E-state index contributed by atoms with van der Waals surface area (Å²) in [6, 6.07) is 15.5. The van der Waals surface area contributed by atoms with Crippen molar-refractivity contribution in [2.45, 2.75) is 38.2 Å². The minimum Gasteiger partial charge on any atom is -0.497 e. The molecule has 0 radical (unpaired) electrons. The number of benzene rings is 2. The molecule has 2 aromatic heterocycles. The van der Waals surface area contributed by atoms with Crippen LogP contribution in [0.3, 0.4) is 0 Å². The molecule has 0 N–H and O–H groups in total. The van der Waals surface area contributed by atoms with Crippen molar-refractivity contribution < 1.29 is 9.15 Å². The molecule has 0 saturated heterocycles. The molecule has 0 unspecified atom stereocenters. The van der Waals surface area contributed by atoms with Crippen LogP contribution >= 0.6 is 11.8 Å². The largest absolute Gasteiger partial charge is 0.497 e. The summed E-state index contributed by atoms with van der Waals surface area (Å²) in [6.07, 6.45) is 0. The maximum absolute atomic E-state index is 12.1. The van der Waals surface area contributed by atoms with E-state index in [9.17, 15) is 4.79 Å². The van der Waals surface area contributed by atoms with Crippen molar-refractivity contribution in [1.82, 2.24) is 14.8 Å². The fraction of sp³-hybridized carbons (Fsp3) is 0.320. The van der Waals surface area contributed by atoms with Crippen molar-refractivity contribution >= 4 is 28.4 Å². The van der Waals surface area contributed by atoms with E-state index in [4.69, 9.17) is 9.15 Å². The molecular formula is C25H28N4O3S. The number of fused-ring (bicyclic) bond motifs is 1. The highest BCUT2D eigenvalue weighted by molar-refractivity contribution is 7.98. The van der Waals surface area contributed by atoms with Crippen LogP contribution in [-0.2, 0) is 12.3 Å². The van der Waals surface area contributed by atoms with Gasteiger partial charge in [-0.2, -0.15) is 0 Å². The van der Waals surface area contributed by atoms with Crippen molar-refractivity contribution in [2.75, 3.05) is 25.1 Å². The molecular weight excluding hydrogens is 436 g/mol. The van der Waals surface area contributed by atoms with E-state index in [1.54, 1.807) is 31.0 Å². The summed E-state index contributed by atoms with van der Waals surface area (Å²) in [5.74, 6) is 2.07. The van der Waals surface area contributed by atoms with Gasteiger partial charge in [-0.25, -0.2) is 4.79 Å². The molecule has 4 rings (SSSR count). The molecule has 7 nitrogen and oxygen atoms in total. The summed E-state index contributed by atoms with van der Waals surface area (Å²) in [4.78, 5) is 14.4. The van der Waals surface area contributed by atoms with Crippen molar-refractivity contribution in [3.8, 4) is 17.1 Å². The SMILES string of the molecule is CCN(CC)c1ccc(-c2nnc(SCc3cc(=O)oc4cc(OC)ccc34)n2CC)cc1. The third kappa shape index (κ3) is 4.75. The van der Waals surface area contributed by atoms with Crippen LogP contribution < -0.4 is 15.3 Å². The van der Waals surface area contributed by atoms with Gasteiger partial charge in [0.15, 0.2) is 11.0 Å². The monoisotopic (exact) mass is 464 g/mol. The van der Waals surface area contributed by atoms with Crippen LogP contribution in [0.1, 0.15) is 26.3 Å². The van der Waals surface area contributed by atoms with Crippen LogP contribution in [-0.4, -0.2) is 35.0 Å². The van der Waals surface area contributed by atoms with E-state index < -0.39 is 0 Å². The molecule has 0 spiro atoms. The molecule has 33 heavy (non-hydrogen) atoms. The minimum atomic E-state index is -0.378. The molecule has 172 valence electrons. The maximum Gasteiger partial charge on any atom is 0.336 e. The van der Waals surface area contributed by atoms with E-state index in [1.165, 1.54) is 5.69 Å². The highest BCUT2D eigenvalue weighted by Crippen LogP contribution is 2.30. The normalized spacial score (nSPS) is 11.2. The Morgan fingerprint density at radius 1 is 1.03 bits per heavy atom. The Hall–Kier alpha value is -3.26. The number of aromatic nitrogens is 3. The first kappa shape index (κ1) is 22.9. The fourth-order valence-corrected chi connectivity index (χ4v) is 4.90. The molecule has 0 aliphatic heterocycles. The first-order valence-corrected chi connectivity index (χ1v) is 12.1. The fourth-order valence-electron chi connectivity index (χ4n) is 3.90. The second-order valence-electron chi connectivity index (χ2n) is 7.51. The number of ether oxygens (including phenoxy) is 1. The Kier molecular flexibility index (Phi) is 7.03. The topological polar surface area (TPSA) is 73.4 Å². The molecule has 0 amide bonds. The number of rotatable bonds is 9. The standard InChI is InChI=1S/C25H28N4O3S/c1-5-28(6-2)19-10-8-17(9-11-19)24-26-27-25(29(24)7-3)33-16-18-14-23(30)32-22-15-20(31-4)12-13-21(18)22/h8-15H,5-7,16H2,1-4H3. The lowest BCUT2D eigenvalue weighted by Gasteiger charge is -2.21. The summed E-state index contributed by atoms with van der Waals surface area (Å²) in [6.45, 7) is 9.09. The molecule has 0 bridgehead atoms. The Morgan fingerprint density at radius 3 is 2.45 bits per heavy atom. The highest BCUT2D eigenvalue weighted by Gasteiger charge is 2.15. The lowest BCUT2D eigenvalue weighted by Crippen LogP contribution is -2.21. The van der Waals surface area contributed by atoms with E-state index in [0.717, 1.165) is 47.1 Å². The van der Waals surface area contributed by atoms with Gasteiger partial charge in [-0.05, 0) is 62.7 Å². The van der Waals surface area contributed by atoms with E-state index in [0.29, 0.717) is 17.1 Å². The average molecular weight is 465 g/mol. The third-order valence-electron chi connectivity index (χ3n) is 5.68.